The second kappa shape index (κ2) is 12.4. The van der Waals surface area contributed by atoms with Crippen LogP contribution in [0.25, 0.3) is 88.1 Å². The van der Waals surface area contributed by atoms with Crippen molar-refractivity contribution in [2.75, 3.05) is 0 Å². The summed E-state index contributed by atoms with van der Waals surface area (Å²) >= 11 is 0. The van der Waals surface area contributed by atoms with Crippen molar-refractivity contribution < 1.29 is 0 Å². The molecular weight excluding hydrogens is 695 g/mol. The second-order valence-electron chi connectivity index (χ2n) is 14.8. The van der Waals surface area contributed by atoms with E-state index in [1.54, 1.807) is 0 Å². The second-order valence-corrected chi connectivity index (χ2v) is 14.8. The predicted octanol–water partition coefficient (Wildman–Crippen LogP) is 12.7. The Hall–Kier alpha value is -7.63. The number of rotatable bonds is 5. The number of hydrogen-bond donors (Lipinski definition) is 1. The highest BCUT2D eigenvalue weighted by molar-refractivity contribution is 6.14. The monoisotopic (exact) mass is 729 g/mol. The van der Waals surface area contributed by atoms with Gasteiger partial charge in [-0.3, -0.25) is 4.57 Å². The molecule has 1 unspecified atom stereocenters. The molecule has 1 aliphatic heterocycles. The minimum Gasteiger partial charge on any atom is -0.346 e. The predicted molar refractivity (Wildman–Crippen MR) is 238 cm³/mol. The third-order valence-electron chi connectivity index (χ3n) is 11.7. The first-order valence-electron chi connectivity index (χ1n) is 19.5. The Morgan fingerprint density at radius 3 is 1.40 bits per heavy atom. The van der Waals surface area contributed by atoms with Crippen LogP contribution >= 0.6 is 0 Å². The number of benzene rings is 8. The minimum atomic E-state index is -0.223. The molecule has 0 fully saturated rings. The molecule has 3 aromatic heterocycles. The number of aliphatic imine (C=N–C) groups is 1. The van der Waals surface area contributed by atoms with E-state index in [0.29, 0.717) is 0 Å². The van der Waals surface area contributed by atoms with Crippen LogP contribution < -0.4 is 5.32 Å². The fourth-order valence-electron chi connectivity index (χ4n) is 9.17. The van der Waals surface area contributed by atoms with Crippen LogP contribution in [0.15, 0.2) is 205 Å². The van der Waals surface area contributed by atoms with Gasteiger partial charge < -0.3 is 14.5 Å². The Labute approximate surface area is 328 Å². The van der Waals surface area contributed by atoms with Crippen molar-refractivity contribution in [3.63, 3.8) is 0 Å². The van der Waals surface area contributed by atoms with Crippen LogP contribution in [0.3, 0.4) is 0 Å². The molecule has 5 nitrogen and oxygen atoms in total. The van der Waals surface area contributed by atoms with E-state index in [1.165, 1.54) is 65.5 Å². The maximum atomic E-state index is 5.48. The third-order valence-corrected chi connectivity index (χ3v) is 11.7. The van der Waals surface area contributed by atoms with E-state index >= 15 is 0 Å². The summed E-state index contributed by atoms with van der Waals surface area (Å²) < 4.78 is 7.17. The summed E-state index contributed by atoms with van der Waals surface area (Å²) in [5.41, 5.74) is 11.5. The molecular formula is C52H35N5. The Morgan fingerprint density at radius 1 is 0.368 bits per heavy atom. The van der Waals surface area contributed by atoms with Gasteiger partial charge in [0.2, 0.25) is 0 Å². The van der Waals surface area contributed by atoms with Gasteiger partial charge in [0.1, 0.15) is 17.8 Å². The highest BCUT2D eigenvalue weighted by Gasteiger charge is 2.25. The van der Waals surface area contributed by atoms with Gasteiger partial charge in [-0.25, -0.2) is 4.99 Å². The molecule has 1 atom stereocenters. The molecule has 5 heteroatoms. The van der Waals surface area contributed by atoms with Gasteiger partial charge >= 0.3 is 0 Å². The fourth-order valence-corrected chi connectivity index (χ4v) is 9.17. The quantitative estimate of drug-likeness (QED) is 0.188. The molecule has 11 aromatic rings. The fraction of sp³-hybridized carbons (Fsp3) is 0.0192. The maximum absolute atomic E-state index is 5.48. The molecule has 0 saturated carbocycles. The number of amidine groups is 1. The van der Waals surface area contributed by atoms with Gasteiger partial charge in [-0.2, -0.15) is 0 Å². The molecule has 0 amide bonds. The summed E-state index contributed by atoms with van der Waals surface area (Å²) in [5, 5.41) is 11.2. The SMILES string of the molecule is C1=C(n2c3ccccc3c3cc(-n4c5ccccc5c5ccccc54)ccc32)N=C(c2ccc(-c3ccccc3)cc2)NC1n1c2ccccc2c2ccccc21. The Bertz CT molecular complexity index is 3320. The van der Waals surface area contributed by atoms with Crippen molar-refractivity contribution in [1.82, 2.24) is 19.0 Å². The molecule has 0 aliphatic carbocycles. The number of para-hydroxylation sites is 5. The first-order chi connectivity index (χ1) is 28.3. The average molecular weight is 730 g/mol. The molecule has 8 aromatic carbocycles. The minimum absolute atomic E-state index is 0.223. The zero-order valence-corrected chi connectivity index (χ0v) is 30.9. The lowest BCUT2D eigenvalue weighted by atomic mass is 10.0. The molecule has 268 valence electrons. The van der Waals surface area contributed by atoms with E-state index in [9.17, 15) is 0 Å². The molecule has 1 N–H and O–H groups in total. The molecule has 0 bridgehead atoms. The largest absolute Gasteiger partial charge is 0.346 e. The van der Waals surface area contributed by atoms with Crippen molar-refractivity contribution in [3.05, 3.63) is 206 Å². The van der Waals surface area contributed by atoms with Crippen molar-refractivity contribution in [2.24, 2.45) is 4.99 Å². The van der Waals surface area contributed by atoms with E-state index in [0.717, 1.165) is 33.9 Å². The average Bonchev–Trinajstić information content (AvgIpc) is 3.92. The summed E-state index contributed by atoms with van der Waals surface area (Å²) in [4.78, 5) is 5.48. The van der Waals surface area contributed by atoms with Gasteiger partial charge in [0.25, 0.3) is 0 Å². The van der Waals surface area contributed by atoms with Crippen molar-refractivity contribution in [3.8, 4) is 16.8 Å². The highest BCUT2D eigenvalue weighted by atomic mass is 15.3. The van der Waals surface area contributed by atoms with E-state index in [1.807, 2.05) is 0 Å². The van der Waals surface area contributed by atoms with Crippen LogP contribution in [-0.4, -0.2) is 19.5 Å². The number of hydrogen-bond acceptors (Lipinski definition) is 2. The number of nitrogens with zero attached hydrogens (tertiary/aromatic N) is 4. The van der Waals surface area contributed by atoms with E-state index < -0.39 is 0 Å². The van der Waals surface area contributed by atoms with E-state index in [4.69, 9.17) is 4.99 Å². The van der Waals surface area contributed by atoms with Crippen LogP contribution in [-0.2, 0) is 0 Å². The molecule has 12 rings (SSSR count). The highest BCUT2D eigenvalue weighted by Crippen LogP contribution is 2.39. The van der Waals surface area contributed by atoms with Gasteiger partial charge in [0.05, 0.1) is 33.1 Å². The lowest BCUT2D eigenvalue weighted by Crippen LogP contribution is -2.35. The normalized spacial score (nSPS) is 14.5. The van der Waals surface area contributed by atoms with Crippen molar-refractivity contribution in [1.29, 1.82) is 0 Å². The standard InChI is InChI=1S/C52H35N5/c1-2-14-34(15-3-1)35-26-28-36(29-27-35)52-53-50(56-46-23-11-6-18-40(46)41-19-7-12-24-47(41)56)33-51(54-52)57-48-25-13-8-20-42(48)43-32-37(30-31-49(43)57)55-44-21-9-4-16-38(44)39-17-5-10-22-45(39)55/h1-33,50H,(H,53,54). The van der Waals surface area contributed by atoms with Crippen LogP contribution in [0.1, 0.15) is 11.7 Å². The molecule has 1 aliphatic rings. The van der Waals surface area contributed by atoms with E-state index in [2.05, 4.69) is 219 Å². The van der Waals surface area contributed by atoms with Crippen molar-refractivity contribution in [2.45, 2.75) is 6.17 Å². The number of aromatic nitrogens is 3. The number of nitrogens with one attached hydrogen (secondary N) is 1. The van der Waals surface area contributed by atoms with Gasteiger partial charge in [-0.1, -0.05) is 146 Å². The van der Waals surface area contributed by atoms with Gasteiger partial charge in [0, 0.05) is 49.6 Å². The Balaban J connectivity index is 1.08. The van der Waals surface area contributed by atoms with Gasteiger partial charge in [-0.15, -0.1) is 0 Å². The molecule has 0 radical (unpaired) electrons. The summed E-state index contributed by atoms with van der Waals surface area (Å²) in [6.45, 7) is 0. The first kappa shape index (κ1) is 31.7. The zero-order valence-electron chi connectivity index (χ0n) is 30.9. The first-order valence-corrected chi connectivity index (χ1v) is 19.5. The zero-order chi connectivity index (χ0) is 37.5. The van der Waals surface area contributed by atoms with Crippen LogP contribution in [0.5, 0.6) is 0 Å². The Morgan fingerprint density at radius 2 is 0.807 bits per heavy atom. The summed E-state index contributed by atoms with van der Waals surface area (Å²) in [6, 6.07) is 69.7. The molecule has 0 spiro atoms. The van der Waals surface area contributed by atoms with Crippen molar-refractivity contribution >= 4 is 77.1 Å². The number of fused-ring (bicyclic) bond motifs is 9. The smallest absolute Gasteiger partial charge is 0.139 e. The van der Waals surface area contributed by atoms with Gasteiger partial charge in [-0.05, 0) is 59.7 Å². The molecule has 0 saturated heterocycles. The van der Waals surface area contributed by atoms with Crippen LogP contribution in [0.4, 0.5) is 0 Å². The maximum Gasteiger partial charge on any atom is 0.139 e. The molecule has 4 heterocycles. The van der Waals surface area contributed by atoms with Crippen LogP contribution in [0.2, 0.25) is 0 Å². The lowest BCUT2D eigenvalue weighted by Gasteiger charge is -2.27. The summed E-state index contributed by atoms with van der Waals surface area (Å²) in [7, 11) is 0. The van der Waals surface area contributed by atoms with Gasteiger partial charge in [0.15, 0.2) is 0 Å². The Kier molecular flexibility index (Phi) is 6.92. The topological polar surface area (TPSA) is 39.2 Å². The summed E-state index contributed by atoms with van der Waals surface area (Å²) in [6.07, 6.45) is 2.06. The molecule has 57 heavy (non-hydrogen) atoms. The van der Waals surface area contributed by atoms with Crippen LogP contribution in [0, 0.1) is 0 Å². The lowest BCUT2D eigenvalue weighted by molar-refractivity contribution is 0.597. The third kappa shape index (κ3) is 4.85. The van der Waals surface area contributed by atoms with E-state index in [-0.39, 0.29) is 6.17 Å². The summed E-state index contributed by atoms with van der Waals surface area (Å²) in [5.74, 6) is 1.70.